The van der Waals surface area contributed by atoms with Crippen LogP contribution in [-0.2, 0) is 0 Å². The average Bonchev–Trinajstić information content (AvgIpc) is 2.67. The number of nitrogens with one attached hydrogen (secondary N) is 1. The van der Waals surface area contributed by atoms with Gasteiger partial charge >= 0.3 is 0 Å². The van der Waals surface area contributed by atoms with E-state index in [1.54, 1.807) is 0 Å². The molecule has 0 amide bonds. The van der Waals surface area contributed by atoms with Gasteiger partial charge in [-0.3, -0.25) is 0 Å². The molecule has 2 nitrogen and oxygen atoms in total. The van der Waals surface area contributed by atoms with Crippen LogP contribution in [0.25, 0.3) is 0 Å². The SMILES string of the molecule is CN[C@@H]1CCC[C@@H]1Oc1ccccc1. The maximum atomic E-state index is 5.92. The van der Waals surface area contributed by atoms with Crippen molar-refractivity contribution >= 4 is 0 Å². The predicted octanol–water partition coefficient (Wildman–Crippen LogP) is 2.21. The van der Waals surface area contributed by atoms with E-state index in [4.69, 9.17) is 4.74 Å². The van der Waals surface area contributed by atoms with Crippen molar-refractivity contribution in [3.63, 3.8) is 0 Å². The van der Waals surface area contributed by atoms with Gasteiger partial charge in [0.2, 0.25) is 0 Å². The first-order chi connectivity index (χ1) is 6.90. The quantitative estimate of drug-likeness (QED) is 0.791. The topological polar surface area (TPSA) is 21.3 Å². The largest absolute Gasteiger partial charge is 0.489 e. The summed E-state index contributed by atoms with van der Waals surface area (Å²) in [4.78, 5) is 0. The molecule has 1 N–H and O–H groups in total. The second-order valence-corrected chi connectivity index (χ2v) is 3.80. The third-order valence-electron chi connectivity index (χ3n) is 2.85. The molecule has 0 unspecified atom stereocenters. The van der Waals surface area contributed by atoms with Crippen molar-refractivity contribution < 1.29 is 4.74 Å². The number of ether oxygens (including phenoxy) is 1. The van der Waals surface area contributed by atoms with E-state index in [2.05, 4.69) is 5.32 Å². The number of hydrogen-bond donors (Lipinski definition) is 1. The minimum atomic E-state index is 0.349. The molecule has 0 heterocycles. The molecule has 2 atom stereocenters. The van der Waals surface area contributed by atoms with E-state index >= 15 is 0 Å². The van der Waals surface area contributed by atoms with Gasteiger partial charge in [0.25, 0.3) is 0 Å². The number of benzene rings is 1. The van der Waals surface area contributed by atoms with Gasteiger partial charge in [-0.15, -0.1) is 0 Å². The summed E-state index contributed by atoms with van der Waals surface area (Å²) in [6, 6.07) is 10.6. The van der Waals surface area contributed by atoms with Crippen molar-refractivity contribution in [2.45, 2.75) is 31.4 Å². The molecule has 2 heteroatoms. The zero-order valence-electron chi connectivity index (χ0n) is 8.57. The van der Waals surface area contributed by atoms with Gasteiger partial charge in [-0.05, 0) is 38.4 Å². The standard InChI is InChI=1S/C12H17NO/c1-13-11-8-5-9-12(11)14-10-6-3-2-4-7-10/h2-4,6-7,11-13H,5,8-9H2,1H3/t11-,12+/m1/s1. The third-order valence-corrected chi connectivity index (χ3v) is 2.85. The van der Waals surface area contributed by atoms with Crippen LogP contribution in [0.1, 0.15) is 19.3 Å². The Labute approximate surface area is 85.3 Å². The minimum Gasteiger partial charge on any atom is -0.489 e. The first kappa shape index (κ1) is 9.53. The zero-order valence-corrected chi connectivity index (χ0v) is 8.57. The summed E-state index contributed by atoms with van der Waals surface area (Å²) in [5.41, 5.74) is 0. The van der Waals surface area contributed by atoms with Crippen LogP contribution in [0.3, 0.4) is 0 Å². The summed E-state index contributed by atoms with van der Waals surface area (Å²) >= 11 is 0. The van der Waals surface area contributed by atoms with E-state index in [1.165, 1.54) is 19.3 Å². The van der Waals surface area contributed by atoms with Crippen LogP contribution in [0.5, 0.6) is 5.75 Å². The van der Waals surface area contributed by atoms with Crippen LogP contribution in [-0.4, -0.2) is 19.2 Å². The van der Waals surface area contributed by atoms with Crippen LogP contribution in [0, 0.1) is 0 Å². The summed E-state index contributed by atoms with van der Waals surface area (Å²) < 4.78 is 5.92. The summed E-state index contributed by atoms with van der Waals surface area (Å²) in [5.74, 6) is 0.986. The minimum absolute atomic E-state index is 0.349. The average molecular weight is 191 g/mol. The van der Waals surface area contributed by atoms with Crippen molar-refractivity contribution in [3.8, 4) is 5.75 Å². The molecular formula is C12H17NO. The lowest BCUT2D eigenvalue weighted by Crippen LogP contribution is -2.36. The second kappa shape index (κ2) is 4.47. The molecule has 14 heavy (non-hydrogen) atoms. The van der Waals surface area contributed by atoms with Crippen molar-refractivity contribution in [2.75, 3.05) is 7.05 Å². The molecule has 0 aliphatic heterocycles. The lowest BCUT2D eigenvalue weighted by atomic mass is 10.2. The Bertz CT molecular complexity index is 273. The molecule has 0 spiro atoms. The fourth-order valence-electron chi connectivity index (χ4n) is 2.07. The lowest BCUT2D eigenvalue weighted by molar-refractivity contribution is 0.179. The highest BCUT2D eigenvalue weighted by atomic mass is 16.5. The van der Waals surface area contributed by atoms with E-state index in [0.29, 0.717) is 12.1 Å². The molecule has 76 valence electrons. The van der Waals surface area contributed by atoms with Gasteiger partial charge in [0, 0.05) is 6.04 Å². The maximum absolute atomic E-state index is 5.92. The highest BCUT2D eigenvalue weighted by Gasteiger charge is 2.27. The third kappa shape index (κ3) is 2.07. The molecule has 1 aromatic rings. The Morgan fingerprint density at radius 1 is 1.21 bits per heavy atom. The van der Waals surface area contributed by atoms with Crippen LogP contribution in [0.2, 0.25) is 0 Å². The Morgan fingerprint density at radius 2 is 2.00 bits per heavy atom. The normalized spacial score (nSPS) is 26.4. The van der Waals surface area contributed by atoms with Crippen LogP contribution in [0.15, 0.2) is 30.3 Å². The smallest absolute Gasteiger partial charge is 0.119 e. The number of rotatable bonds is 3. The molecule has 1 aliphatic rings. The molecule has 0 saturated heterocycles. The first-order valence-corrected chi connectivity index (χ1v) is 5.29. The van der Waals surface area contributed by atoms with Gasteiger partial charge in [-0.2, -0.15) is 0 Å². The van der Waals surface area contributed by atoms with Gasteiger partial charge in [0.15, 0.2) is 0 Å². The Kier molecular flexibility index (Phi) is 3.04. The summed E-state index contributed by atoms with van der Waals surface area (Å²) in [6.45, 7) is 0. The molecule has 1 fully saturated rings. The molecule has 2 rings (SSSR count). The number of para-hydroxylation sites is 1. The molecule has 0 bridgehead atoms. The van der Waals surface area contributed by atoms with Gasteiger partial charge in [0.1, 0.15) is 11.9 Å². The monoisotopic (exact) mass is 191 g/mol. The molecule has 0 radical (unpaired) electrons. The fraction of sp³-hybridized carbons (Fsp3) is 0.500. The lowest BCUT2D eigenvalue weighted by Gasteiger charge is -2.20. The molecule has 1 aliphatic carbocycles. The van der Waals surface area contributed by atoms with Gasteiger partial charge < -0.3 is 10.1 Å². The van der Waals surface area contributed by atoms with Crippen molar-refractivity contribution in [1.29, 1.82) is 0 Å². The Morgan fingerprint density at radius 3 is 2.71 bits per heavy atom. The summed E-state index contributed by atoms with van der Waals surface area (Å²) in [7, 11) is 2.01. The van der Waals surface area contributed by atoms with Gasteiger partial charge in [-0.1, -0.05) is 18.2 Å². The molecule has 1 saturated carbocycles. The van der Waals surface area contributed by atoms with Crippen LogP contribution >= 0.6 is 0 Å². The number of likely N-dealkylation sites (N-methyl/N-ethyl adjacent to an activating group) is 1. The van der Waals surface area contributed by atoms with E-state index in [1.807, 2.05) is 37.4 Å². The Balaban J connectivity index is 1.97. The predicted molar refractivity (Wildman–Crippen MR) is 57.6 cm³/mol. The summed E-state index contributed by atoms with van der Waals surface area (Å²) in [6.07, 6.45) is 4.01. The molecular weight excluding hydrogens is 174 g/mol. The van der Waals surface area contributed by atoms with Crippen molar-refractivity contribution in [2.24, 2.45) is 0 Å². The maximum Gasteiger partial charge on any atom is 0.119 e. The summed E-state index contributed by atoms with van der Waals surface area (Å²) in [5, 5.41) is 3.31. The fourth-order valence-corrected chi connectivity index (χ4v) is 2.07. The van der Waals surface area contributed by atoms with E-state index in [0.717, 1.165) is 5.75 Å². The van der Waals surface area contributed by atoms with E-state index < -0.39 is 0 Å². The van der Waals surface area contributed by atoms with Crippen LogP contribution in [0.4, 0.5) is 0 Å². The second-order valence-electron chi connectivity index (χ2n) is 3.80. The highest BCUT2D eigenvalue weighted by molar-refractivity contribution is 5.21. The zero-order chi connectivity index (χ0) is 9.80. The van der Waals surface area contributed by atoms with Gasteiger partial charge in [-0.25, -0.2) is 0 Å². The van der Waals surface area contributed by atoms with Crippen molar-refractivity contribution in [3.05, 3.63) is 30.3 Å². The van der Waals surface area contributed by atoms with Crippen LogP contribution < -0.4 is 10.1 Å². The van der Waals surface area contributed by atoms with E-state index in [9.17, 15) is 0 Å². The Hall–Kier alpha value is -1.02. The first-order valence-electron chi connectivity index (χ1n) is 5.29. The highest BCUT2D eigenvalue weighted by Crippen LogP contribution is 2.24. The van der Waals surface area contributed by atoms with Gasteiger partial charge in [0.05, 0.1) is 0 Å². The van der Waals surface area contributed by atoms with Crippen molar-refractivity contribution in [1.82, 2.24) is 5.32 Å². The van der Waals surface area contributed by atoms with E-state index in [-0.39, 0.29) is 0 Å². The molecule has 0 aromatic heterocycles. The molecule has 1 aromatic carbocycles. The number of hydrogen-bond acceptors (Lipinski definition) is 2.